The van der Waals surface area contributed by atoms with Crippen LogP contribution < -0.4 is 11.5 Å². The molecule has 11 heteroatoms. The monoisotopic (exact) mass is 631 g/mol. The number of nitrogens with zero attached hydrogens (tertiary/aromatic N) is 1. The number of anilines is 1. The first-order valence-corrected chi connectivity index (χ1v) is 13.1. The Morgan fingerprint density at radius 1 is 1.11 bits per heavy atom. The second kappa shape index (κ2) is 8.95. The van der Waals surface area contributed by atoms with Gasteiger partial charge in [-0.15, -0.1) is 0 Å². The number of halogens is 1. The Morgan fingerprint density at radius 2 is 1.79 bits per heavy atom. The lowest BCUT2D eigenvalue weighted by atomic mass is 9.52. The predicted octanol–water partition coefficient (Wildman–Crippen LogP) is 0.721. The molecular weight excluding hydrogens is 605 g/mol. The first kappa shape index (κ1) is 26.4. The van der Waals surface area contributed by atoms with Gasteiger partial charge in [-0.2, -0.15) is 0 Å². The third-order valence-electron chi connectivity index (χ3n) is 8.25. The number of ketones is 4. The smallest absolute Gasteiger partial charge is 0.235 e. The van der Waals surface area contributed by atoms with E-state index in [0.29, 0.717) is 16.8 Å². The van der Waals surface area contributed by atoms with Crippen LogP contribution in [0.25, 0.3) is 11.1 Å². The molecule has 10 nitrogen and oxygen atoms in total. The minimum Gasteiger partial charge on any atom is -0.507 e. The Bertz CT molecular complexity index is 1450. The molecule has 198 valence electrons. The van der Waals surface area contributed by atoms with E-state index in [1.54, 1.807) is 26.2 Å². The molecule has 2 fully saturated rings. The Kier molecular flexibility index (Phi) is 6.23. The molecule has 6 atom stereocenters. The van der Waals surface area contributed by atoms with Gasteiger partial charge in [0.25, 0.3) is 0 Å². The van der Waals surface area contributed by atoms with Gasteiger partial charge in [0.2, 0.25) is 5.91 Å². The van der Waals surface area contributed by atoms with Crippen molar-refractivity contribution in [3.8, 4) is 16.9 Å². The number of rotatable bonds is 3. The summed E-state index contributed by atoms with van der Waals surface area (Å²) in [6, 6.07) is 7.34. The molecule has 0 spiro atoms. The summed E-state index contributed by atoms with van der Waals surface area (Å²) in [6.45, 7) is 0. The minimum atomic E-state index is -2.74. The fraction of sp³-hybridized carbons (Fsp3) is 0.370. The molecule has 0 radical (unpaired) electrons. The highest BCUT2D eigenvalue weighted by atomic mass is 127. The van der Waals surface area contributed by atoms with Crippen LogP contribution in [0.2, 0.25) is 0 Å². The third-order valence-corrected chi connectivity index (χ3v) is 9.23. The first-order valence-electron chi connectivity index (χ1n) is 12.1. The molecule has 0 saturated heterocycles. The van der Waals surface area contributed by atoms with Crippen molar-refractivity contribution in [2.24, 2.45) is 29.4 Å². The van der Waals surface area contributed by atoms with Crippen molar-refractivity contribution < 1.29 is 34.2 Å². The lowest BCUT2D eigenvalue weighted by molar-refractivity contribution is -0.181. The number of primary amides is 1. The van der Waals surface area contributed by atoms with E-state index in [1.807, 2.05) is 12.1 Å². The zero-order chi connectivity index (χ0) is 27.8. The molecule has 38 heavy (non-hydrogen) atoms. The average molecular weight is 631 g/mol. The number of carbonyl (C=O) groups excluding carboxylic acids is 5. The maximum absolute atomic E-state index is 13.9. The third kappa shape index (κ3) is 3.55. The van der Waals surface area contributed by atoms with Crippen LogP contribution >= 0.6 is 22.6 Å². The lowest BCUT2D eigenvalue weighted by Crippen LogP contribution is -2.74. The summed E-state index contributed by atoms with van der Waals surface area (Å²) >= 11 is 2.11. The number of nitrogens with two attached hydrogens (primary N) is 2. The number of aliphatic hydroxyl groups is 1. The summed E-state index contributed by atoms with van der Waals surface area (Å²) in [5.41, 5.74) is 11.1. The second-order valence-electron chi connectivity index (χ2n) is 10.5. The van der Waals surface area contributed by atoms with Gasteiger partial charge in [0.1, 0.15) is 5.75 Å². The molecular formula is C27H26IN3O7. The zero-order valence-corrected chi connectivity index (χ0v) is 22.8. The van der Waals surface area contributed by atoms with E-state index in [0.717, 1.165) is 9.13 Å². The van der Waals surface area contributed by atoms with Gasteiger partial charge in [-0.3, -0.25) is 28.9 Å². The van der Waals surface area contributed by atoms with Gasteiger partial charge in [0.05, 0.1) is 17.5 Å². The normalized spacial score (nSPS) is 30.6. The number of amides is 1. The van der Waals surface area contributed by atoms with Crippen LogP contribution in [0, 0.1) is 27.2 Å². The van der Waals surface area contributed by atoms with Gasteiger partial charge in [-0.1, -0.05) is 12.1 Å². The summed E-state index contributed by atoms with van der Waals surface area (Å²) in [6.07, 6.45) is 0.176. The molecule has 3 aliphatic carbocycles. The second-order valence-corrected chi connectivity index (χ2v) is 11.7. The largest absolute Gasteiger partial charge is 0.507 e. The summed E-state index contributed by atoms with van der Waals surface area (Å²) in [5, 5.41) is 22.3. The van der Waals surface area contributed by atoms with Crippen LogP contribution in [0.5, 0.6) is 5.75 Å². The van der Waals surface area contributed by atoms with Gasteiger partial charge in [-0.25, -0.2) is 0 Å². The molecule has 0 bridgehead atoms. The number of nitrogen functional groups attached to an aromatic ring is 1. The number of carbonyl (C=O) groups is 5. The van der Waals surface area contributed by atoms with E-state index in [4.69, 9.17) is 11.5 Å². The van der Waals surface area contributed by atoms with E-state index in [2.05, 4.69) is 22.6 Å². The SMILES string of the molecule is CN(C)[C@@H]1C(=O)C(C(N)=O)C(=O)[C@@]2(O)C(=O)C3C(=O)c4c(O)ccc(-c5ccc(I)c(N)c5)c4C[C@H]3C[C@@H]12. The number of hydrogen-bond donors (Lipinski definition) is 4. The van der Waals surface area contributed by atoms with Crippen LogP contribution in [-0.2, 0) is 25.6 Å². The highest BCUT2D eigenvalue weighted by molar-refractivity contribution is 14.1. The van der Waals surface area contributed by atoms with E-state index < -0.39 is 64.4 Å². The van der Waals surface area contributed by atoms with Crippen molar-refractivity contribution in [3.63, 3.8) is 0 Å². The summed E-state index contributed by atoms with van der Waals surface area (Å²) < 4.78 is 0.850. The number of likely N-dealkylation sites (N-methyl/N-ethyl adjacent to an activating group) is 1. The maximum atomic E-state index is 13.9. The number of phenols is 1. The highest BCUT2D eigenvalue weighted by Crippen LogP contribution is 2.51. The number of hydrogen-bond acceptors (Lipinski definition) is 9. The number of phenolic OH excluding ortho intramolecular Hbond substituents is 1. The lowest BCUT2D eigenvalue weighted by Gasteiger charge is -2.52. The van der Waals surface area contributed by atoms with Crippen molar-refractivity contribution in [1.82, 2.24) is 4.90 Å². The number of fused-ring (bicyclic) bond motifs is 3. The Labute approximate surface area is 231 Å². The molecule has 2 unspecified atom stereocenters. The van der Waals surface area contributed by atoms with Gasteiger partial charge in [0, 0.05) is 15.2 Å². The van der Waals surface area contributed by atoms with Crippen LogP contribution in [0.4, 0.5) is 5.69 Å². The minimum absolute atomic E-state index is 0.00613. The number of Topliss-reactive ketones (excluding diaryl/α,β-unsaturated/α-hetero) is 4. The van der Waals surface area contributed by atoms with Gasteiger partial charge >= 0.3 is 0 Å². The maximum Gasteiger partial charge on any atom is 0.235 e. The molecule has 0 heterocycles. The Morgan fingerprint density at radius 3 is 2.39 bits per heavy atom. The van der Waals surface area contributed by atoms with Crippen LogP contribution in [-0.4, -0.2) is 69.9 Å². The predicted molar refractivity (Wildman–Crippen MR) is 144 cm³/mol. The van der Waals surface area contributed by atoms with Crippen LogP contribution in [0.3, 0.4) is 0 Å². The van der Waals surface area contributed by atoms with Gasteiger partial charge < -0.3 is 21.7 Å². The van der Waals surface area contributed by atoms with Crippen molar-refractivity contribution >= 4 is 57.3 Å². The highest BCUT2D eigenvalue weighted by Gasteiger charge is 2.69. The Hall–Kier alpha value is -3.16. The molecule has 6 N–H and O–H groups in total. The number of aromatic hydroxyl groups is 1. The quantitative estimate of drug-likeness (QED) is 0.216. The fourth-order valence-corrected chi connectivity index (χ4v) is 6.92. The van der Waals surface area contributed by atoms with Gasteiger partial charge in [-0.05, 0) is 90.3 Å². The summed E-state index contributed by atoms with van der Waals surface area (Å²) in [4.78, 5) is 67.7. The van der Waals surface area contributed by atoms with Gasteiger partial charge in [0.15, 0.2) is 34.7 Å². The molecule has 1 amide bonds. The number of benzene rings is 2. The van der Waals surface area contributed by atoms with Crippen LogP contribution in [0.15, 0.2) is 30.3 Å². The van der Waals surface area contributed by atoms with E-state index in [9.17, 15) is 34.2 Å². The summed E-state index contributed by atoms with van der Waals surface area (Å²) in [7, 11) is 3.10. The van der Waals surface area contributed by atoms with E-state index in [1.165, 1.54) is 11.0 Å². The van der Waals surface area contributed by atoms with Crippen molar-refractivity contribution in [2.75, 3.05) is 19.8 Å². The van der Waals surface area contributed by atoms with E-state index in [-0.39, 0.29) is 24.2 Å². The van der Waals surface area contributed by atoms with Crippen molar-refractivity contribution in [1.29, 1.82) is 0 Å². The molecule has 5 rings (SSSR count). The van der Waals surface area contributed by atoms with Crippen LogP contribution in [0.1, 0.15) is 22.3 Å². The van der Waals surface area contributed by atoms with Crippen molar-refractivity contribution in [2.45, 2.75) is 24.5 Å². The molecule has 0 aromatic heterocycles. The topological polar surface area (TPSA) is 181 Å². The zero-order valence-electron chi connectivity index (χ0n) is 20.6. The average Bonchev–Trinajstić information content (AvgIpc) is 2.83. The first-order chi connectivity index (χ1) is 17.8. The molecule has 3 aliphatic rings. The molecule has 2 aromatic rings. The van der Waals surface area contributed by atoms with E-state index >= 15 is 0 Å². The molecule has 0 aliphatic heterocycles. The molecule has 2 aromatic carbocycles. The fourth-order valence-electron chi connectivity index (χ4n) is 6.59. The standard InChI is InChI=1S/C27H26IN3O7/c1-31(2)21-14-8-11-7-13-12(10-3-5-15(28)16(29)9-10)4-6-17(32)19(13)22(33)18(11)24(35)27(14,38)25(36)20(23(21)34)26(30)37/h3-6,9,11,14,18,20-21,32,38H,7-8,29H2,1-2H3,(H2,30,37)/t11-,14-,18?,20?,21-,27-/m0/s1. The molecule has 2 saturated carbocycles. The Balaban J connectivity index is 1.66. The summed E-state index contributed by atoms with van der Waals surface area (Å²) in [5.74, 6) is -10.7. The van der Waals surface area contributed by atoms with Crippen molar-refractivity contribution in [3.05, 3.63) is 45.0 Å².